The van der Waals surface area contributed by atoms with E-state index in [9.17, 15) is 0 Å². The Hall–Kier alpha value is -8.58. The van der Waals surface area contributed by atoms with Crippen LogP contribution in [0, 0.1) is 13.8 Å². The Labute approximate surface area is 470 Å². The molecule has 11 aromatic carbocycles. The summed E-state index contributed by atoms with van der Waals surface area (Å²) in [7, 11) is 0. The standard InChI is InChI=1S/C51H44.C28H26/c1-32-19-22-35(23-20-32)37-24-26-40(39-16-11-10-13-33(39)2)38(29-37)27-34-21-25-42-43-30-48-44(31-47(43)51(5,6)46(42)28-34)49-41(36-14-8-7-9-15-36)17-12-18-45(49)50(48,3)4;1-22(24-18-20-28(21-19-24)26-10-6-3-7-11-26)12-13-23-14-16-27(17-15-23)25-8-4-2-5-9-25/h7-26,28-31H,27H2,1-6H3;2-11,14-22H,12-13H2,1H3. The average molecular weight is 1020 g/mol. The molecule has 0 N–H and O–H groups in total. The lowest BCUT2D eigenvalue weighted by Crippen LogP contribution is -2.17. The highest BCUT2D eigenvalue weighted by molar-refractivity contribution is 5.96. The quantitative estimate of drug-likeness (QED) is 0.121. The van der Waals surface area contributed by atoms with Crippen LogP contribution in [0.5, 0.6) is 0 Å². The van der Waals surface area contributed by atoms with Crippen molar-refractivity contribution in [3.8, 4) is 77.9 Å². The van der Waals surface area contributed by atoms with Crippen LogP contribution in [0.2, 0.25) is 0 Å². The van der Waals surface area contributed by atoms with Crippen molar-refractivity contribution in [2.75, 3.05) is 0 Å². The van der Waals surface area contributed by atoms with Crippen molar-refractivity contribution in [2.45, 2.75) is 84.5 Å². The Balaban J connectivity index is 0.000000188. The van der Waals surface area contributed by atoms with Crippen molar-refractivity contribution in [1.29, 1.82) is 0 Å². The van der Waals surface area contributed by atoms with E-state index in [2.05, 4.69) is 303 Å². The predicted molar refractivity (Wildman–Crippen MR) is 337 cm³/mol. The van der Waals surface area contributed by atoms with E-state index in [1.165, 1.54) is 134 Å². The minimum atomic E-state index is -0.118. The first-order valence-electron chi connectivity index (χ1n) is 28.5. The molecule has 0 saturated heterocycles. The van der Waals surface area contributed by atoms with Gasteiger partial charge < -0.3 is 0 Å². The Kier molecular flexibility index (Phi) is 13.8. The van der Waals surface area contributed by atoms with Crippen molar-refractivity contribution >= 4 is 0 Å². The molecule has 79 heavy (non-hydrogen) atoms. The van der Waals surface area contributed by atoms with Gasteiger partial charge in [0.15, 0.2) is 0 Å². The van der Waals surface area contributed by atoms with Gasteiger partial charge >= 0.3 is 0 Å². The van der Waals surface area contributed by atoms with Gasteiger partial charge in [0.25, 0.3) is 0 Å². The van der Waals surface area contributed by atoms with Gasteiger partial charge in [0.1, 0.15) is 0 Å². The van der Waals surface area contributed by atoms with E-state index in [4.69, 9.17) is 0 Å². The second kappa shape index (κ2) is 21.3. The molecule has 0 nitrogen and oxygen atoms in total. The number of aryl methyl sites for hydroxylation is 3. The lowest BCUT2D eigenvalue weighted by Gasteiger charge is -2.24. The molecule has 386 valence electrons. The molecule has 0 aromatic heterocycles. The summed E-state index contributed by atoms with van der Waals surface area (Å²) in [6, 6.07) is 94.2. The number of benzene rings is 11. The number of hydrogen-bond acceptors (Lipinski definition) is 0. The van der Waals surface area contributed by atoms with Crippen molar-refractivity contribution in [3.63, 3.8) is 0 Å². The maximum atomic E-state index is 2.55. The number of hydrogen-bond donors (Lipinski definition) is 0. The minimum Gasteiger partial charge on any atom is -0.0622 e. The lowest BCUT2D eigenvalue weighted by molar-refractivity contribution is 0.651. The molecule has 0 fully saturated rings. The van der Waals surface area contributed by atoms with Gasteiger partial charge in [-0.1, -0.05) is 283 Å². The van der Waals surface area contributed by atoms with E-state index >= 15 is 0 Å². The third-order valence-corrected chi connectivity index (χ3v) is 17.5. The molecule has 0 aliphatic heterocycles. The van der Waals surface area contributed by atoms with Crippen LogP contribution in [0.3, 0.4) is 0 Å². The van der Waals surface area contributed by atoms with Crippen LogP contribution in [0.25, 0.3) is 77.9 Å². The fourth-order valence-corrected chi connectivity index (χ4v) is 12.7. The molecule has 2 aliphatic carbocycles. The molecular weight excluding hydrogens is 949 g/mol. The summed E-state index contributed by atoms with van der Waals surface area (Å²) in [5.41, 5.74) is 32.1. The molecule has 0 amide bonds. The fourth-order valence-electron chi connectivity index (χ4n) is 12.7. The normalized spacial score (nSPS) is 13.6. The first kappa shape index (κ1) is 51.2. The van der Waals surface area contributed by atoms with E-state index < -0.39 is 0 Å². The van der Waals surface area contributed by atoms with Crippen LogP contribution >= 0.6 is 0 Å². The van der Waals surface area contributed by atoms with Crippen LogP contribution < -0.4 is 0 Å². The van der Waals surface area contributed by atoms with E-state index in [1.54, 1.807) is 0 Å². The molecular formula is C79H70. The molecule has 1 unspecified atom stereocenters. The van der Waals surface area contributed by atoms with Crippen LogP contribution in [0.1, 0.15) is 103 Å². The Morgan fingerprint density at radius 3 is 1.47 bits per heavy atom. The van der Waals surface area contributed by atoms with Gasteiger partial charge in [-0.15, -0.1) is 0 Å². The molecule has 1 atom stereocenters. The maximum Gasteiger partial charge on any atom is 0.0159 e. The maximum absolute atomic E-state index is 2.55. The monoisotopic (exact) mass is 1020 g/mol. The zero-order valence-electron chi connectivity index (χ0n) is 46.9. The first-order valence-corrected chi connectivity index (χ1v) is 28.5. The molecule has 0 heteroatoms. The summed E-state index contributed by atoms with van der Waals surface area (Å²) < 4.78 is 0. The minimum absolute atomic E-state index is 0.0776. The van der Waals surface area contributed by atoms with Crippen molar-refractivity contribution in [2.24, 2.45) is 0 Å². The number of rotatable bonds is 11. The topological polar surface area (TPSA) is 0 Å². The molecule has 2 aliphatic rings. The Morgan fingerprint density at radius 1 is 0.329 bits per heavy atom. The third-order valence-electron chi connectivity index (χ3n) is 17.5. The van der Waals surface area contributed by atoms with Crippen molar-refractivity contribution in [1.82, 2.24) is 0 Å². The molecule has 11 aromatic rings. The second-order valence-corrected chi connectivity index (χ2v) is 23.4. The Bertz CT molecular complexity index is 3950. The largest absolute Gasteiger partial charge is 0.0622 e. The summed E-state index contributed by atoms with van der Waals surface area (Å²) in [4.78, 5) is 0. The second-order valence-electron chi connectivity index (χ2n) is 23.4. The molecule has 0 heterocycles. The zero-order valence-corrected chi connectivity index (χ0v) is 46.9. The summed E-state index contributed by atoms with van der Waals surface area (Å²) in [5, 5.41) is 0. The SMILES string of the molecule is CC(CCc1ccc(-c2ccccc2)cc1)c1ccc(-c2ccccc2)cc1.Cc1ccc(-c2ccc(-c3ccccc3C)c(Cc3ccc4c(c3)C(C)(C)c3cc5c(cc3-4)C(C)(C)c3cccc(-c4ccccc4)c3-5)c2)cc1. The van der Waals surface area contributed by atoms with Gasteiger partial charge in [-0.25, -0.2) is 0 Å². The van der Waals surface area contributed by atoms with Crippen LogP contribution in [-0.4, -0.2) is 0 Å². The fraction of sp³-hybridized carbons (Fsp3) is 0.165. The molecule has 0 radical (unpaired) electrons. The van der Waals surface area contributed by atoms with Gasteiger partial charge in [-0.2, -0.15) is 0 Å². The van der Waals surface area contributed by atoms with E-state index in [-0.39, 0.29) is 10.8 Å². The van der Waals surface area contributed by atoms with Gasteiger partial charge in [0.05, 0.1) is 0 Å². The smallest absolute Gasteiger partial charge is 0.0159 e. The van der Waals surface area contributed by atoms with Crippen molar-refractivity contribution in [3.05, 3.63) is 310 Å². The summed E-state index contributed by atoms with van der Waals surface area (Å²) in [6.45, 7) is 16.4. The summed E-state index contributed by atoms with van der Waals surface area (Å²) in [5.74, 6) is 0.554. The van der Waals surface area contributed by atoms with Crippen molar-refractivity contribution < 1.29 is 0 Å². The van der Waals surface area contributed by atoms with E-state index in [1.807, 2.05) is 0 Å². The molecule has 0 spiro atoms. The van der Waals surface area contributed by atoms with Gasteiger partial charge in [-0.05, 0) is 179 Å². The highest BCUT2D eigenvalue weighted by atomic mass is 14.5. The van der Waals surface area contributed by atoms with Gasteiger partial charge in [-0.3, -0.25) is 0 Å². The molecule has 0 saturated carbocycles. The summed E-state index contributed by atoms with van der Waals surface area (Å²) in [6.07, 6.45) is 3.15. The Morgan fingerprint density at radius 2 is 0.810 bits per heavy atom. The molecule has 0 bridgehead atoms. The van der Waals surface area contributed by atoms with Crippen LogP contribution in [-0.2, 0) is 23.7 Å². The number of fused-ring (bicyclic) bond motifs is 6. The van der Waals surface area contributed by atoms with E-state index in [0.717, 1.165) is 19.3 Å². The average Bonchev–Trinajstić information content (AvgIpc) is 3.39. The van der Waals surface area contributed by atoms with E-state index in [0.29, 0.717) is 5.92 Å². The molecule has 13 rings (SSSR count). The predicted octanol–water partition coefficient (Wildman–Crippen LogP) is 21.3. The third kappa shape index (κ3) is 10.0. The van der Waals surface area contributed by atoms with Crippen LogP contribution in [0.15, 0.2) is 255 Å². The highest BCUT2D eigenvalue weighted by Crippen LogP contribution is 2.58. The lowest BCUT2D eigenvalue weighted by atomic mass is 9.79. The van der Waals surface area contributed by atoms with Crippen LogP contribution in [0.4, 0.5) is 0 Å². The van der Waals surface area contributed by atoms with Gasteiger partial charge in [0.2, 0.25) is 0 Å². The first-order chi connectivity index (χ1) is 38.4. The van der Waals surface area contributed by atoms with Gasteiger partial charge in [0, 0.05) is 10.8 Å². The zero-order chi connectivity index (χ0) is 54.3. The highest BCUT2D eigenvalue weighted by Gasteiger charge is 2.42. The summed E-state index contributed by atoms with van der Waals surface area (Å²) >= 11 is 0.